The zero-order chi connectivity index (χ0) is 14.5. The van der Waals surface area contributed by atoms with Gasteiger partial charge in [0, 0.05) is 12.2 Å². The van der Waals surface area contributed by atoms with E-state index in [1.807, 2.05) is 32.0 Å². The summed E-state index contributed by atoms with van der Waals surface area (Å²) in [6, 6.07) is 10.2. The van der Waals surface area contributed by atoms with Crippen LogP contribution in [0.4, 0.5) is 0 Å². The average molecular weight is 271 g/mol. The SMILES string of the molecule is Cc1cc(C)n(CC(=O)NCCc2ccccc2C)n1. The Kier molecular flexibility index (Phi) is 4.56. The number of hydrogen-bond acceptors (Lipinski definition) is 2. The van der Waals surface area contributed by atoms with E-state index in [1.54, 1.807) is 4.68 Å². The third-order valence-electron chi connectivity index (χ3n) is 3.37. The molecular weight excluding hydrogens is 250 g/mol. The van der Waals surface area contributed by atoms with Gasteiger partial charge in [-0.15, -0.1) is 0 Å². The number of carbonyl (C=O) groups is 1. The molecule has 0 fully saturated rings. The monoisotopic (exact) mass is 271 g/mol. The number of rotatable bonds is 5. The van der Waals surface area contributed by atoms with Crippen LogP contribution in [0, 0.1) is 20.8 Å². The fraction of sp³-hybridized carbons (Fsp3) is 0.375. The van der Waals surface area contributed by atoms with E-state index in [-0.39, 0.29) is 12.5 Å². The summed E-state index contributed by atoms with van der Waals surface area (Å²) >= 11 is 0. The summed E-state index contributed by atoms with van der Waals surface area (Å²) in [7, 11) is 0. The highest BCUT2D eigenvalue weighted by molar-refractivity contribution is 5.75. The molecule has 4 nitrogen and oxygen atoms in total. The van der Waals surface area contributed by atoms with Crippen LogP contribution in [0.3, 0.4) is 0 Å². The first-order valence-electron chi connectivity index (χ1n) is 6.88. The molecule has 106 valence electrons. The summed E-state index contributed by atoms with van der Waals surface area (Å²) < 4.78 is 1.73. The van der Waals surface area contributed by atoms with E-state index in [0.29, 0.717) is 6.54 Å². The Hall–Kier alpha value is -2.10. The van der Waals surface area contributed by atoms with Crippen molar-refractivity contribution in [3.63, 3.8) is 0 Å². The van der Waals surface area contributed by atoms with Crippen molar-refractivity contribution in [2.45, 2.75) is 33.7 Å². The van der Waals surface area contributed by atoms with Crippen molar-refractivity contribution >= 4 is 5.91 Å². The van der Waals surface area contributed by atoms with E-state index in [1.165, 1.54) is 11.1 Å². The average Bonchev–Trinajstić information content (AvgIpc) is 2.70. The number of benzene rings is 1. The van der Waals surface area contributed by atoms with Crippen molar-refractivity contribution in [2.75, 3.05) is 6.54 Å². The second-order valence-corrected chi connectivity index (χ2v) is 5.11. The molecule has 1 amide bonds. The fourth-order valence-corrected chi connectivity index (χ4v) is 2.25. The third kappa shape index (κ3) is 3.70. The molecule has 0 saturated heterocycles. The first kappa shape index (κ1) is 14.3. The molecule has 0 atom stereocenters. The molecule has 0 aliphatic heterocycles. The van der Waals surface area contributed by atoms with Crippen LogP contribution in [0.25, 0.3) is 0 Å². The summed E-state index contributed by atoms with van der Waals surface area (Å²) in [5, 5.41) is 7.23. The lowest BCUT2D eigenvalue weighted by molar-refractivity contribution is -0.121. The quantitative estimate of drug-likeness (QED) is 0.906. The molecule has 0 bridgehead atoms. The van der Waals surface area contributed by atoms with Gasteiger partial charge in [0.1, 0.15) is 6.54 Å². The predicted molar refractivity (Wildman–Crippen MR) is 79.6 cm³/mol. The van der Waals surface area contributed by atoms with Gasteiger partial charge in [-0.3, -0.25) is 9.48 Å². The van der Waals surface area contributed by atoms with Crippen LogP contribution in [0.1, 0.15) is 22.5 Å². The van der Waals surface area contributed by atoms with Gasteiger partial charge >= 0.3 is 0 Å². The Bertz CT molecular complexity index is 602. The second kappa shape index (κ2) is 6.37. The first-order chi connectivity index (χ1) is 9.56. The Morgan fingerprint density at radius 3 is 2.65 bits per heavy atom. The van der Waals surface area contributed by atoms with Crippen LogP contribution < -0.4 is 5.32 Å². The summed E-state index contributed by atoms with van der Waals surface area (Å²) in [5.41, 5.74) is 4.49. The van der Waals surface area contributed by atoms with Gasteiger partial charge in [0.15, 0.2) is 0 Å². The van der Waals surface area contributed by atoms with Crippen LogP contribution in [0.5, 0.6) is 0 Å². The van der Waals surface area contributed by atoms with E-state index in [9.17, 15) is 4.79 Å². The third-order valence-corrected chi connectivity index (χ3v) is 3.37. The summed E-state index contributed by atoms with van der Waals surface area (Å²) in [6.45, 7) is 6.92. The standard InChI is InChI=1S/C16H21N3O/c1-12-6-4-5-7-15(12)8-9-17-16(20)11-19-14(3)10-13(2)18-19/h4-7,10H,8-9,11H2,1-3H3,(H,17,20). The first-order valence-corrected chi connectivity index (χ1v) is 6.88. The van der Waals surface area contributed by atoms with Gasteiger partial charge in [0.25, 0.3) is 0 Å². The molecule has 1 aromatic carbocycles. The van der Waals surface area contributed by atoms with E-state index >= 15 is 0 Å². The Morgan fingerprint density at radius 1 is 1.25 bits per heavy atom. The minimum absolute atomic E-state index is 0.00443. The molecule has 0 radical (unpaired) electrons. The Balaban J connectivity index is 1.81. The van der Waals surface area contributed by atoms with Crippen molar-refractivity contribution in [1.82, 2.24) is 15.1 Å². The maximum atomic E-state index is 11.9. The van der Waals surface area contributed by atoms with Crippen LogP contribution in [0.2, 0.25) is 0 Å². The molecular formula is C16H21N3O. The molecule has 20 heavy (non-hydrogen) atoms. The Labute approximate surface area is 119 Å². The van der Waals surface area contributed by atoms with Crippen LogP contribution >= 0.6 is 0 Å². The largest absolute Gasteiger partial charge is 0.354 e. The van der Waals surface area contributed by atoms with Crippen molar-refractivity contribution in [1.29, 1.82) is 0 Å². The smallest absolute Gasteiger partial charge is 0.241 e. The lowest BCUT2D eigenvalue weighted by atomic mass is 10.1. The minimum Gasteiger partial charge on any atom is -0.354 e. The van der Waals surface area contributed by atoms with Crippen LogP contribution in [-0.4, -0.2) is 22.2 Å². The normalized spacial score (nSPS) is 10.6. The highest BCUT2D eigenvalue weighted by atomic mass is 16.2. The maximum absolute atomic E-state index is 11.9. The molecule has 1 heterocycles. The van der Waals surface area contributed by atoms with Crippen molar-refractivity contribution < 1.29 is 4.79 Å². The molecule has 0 spiro atoms. The Morgan fingerprint density at radius 2 is 2.00 bits per heavy atom. The van der Waals surface area contributed by atoms with Crippen molar-refractivity contribution in [3.05, 3.63) is 52.8 Å². The molecule has 0 saturated carbocycles. The van der Waals surface area contributed by atoms with Crippen LogP contribution in [0.15, 0.2) is 30.3 Å². The molecule has 1 aromatic heterocycles. The lowest BCUT2D eigenvalue weighted by Crippen LogP contribution is -2.30. The number of hydrogen-bond donors (Lipinski definition) is 1. The summed E-state index contributed by atoms with van der Waals surface area (Å²) in [4.78, 5) is 11.9. The van der Waals surface area contributed by atoms with E-state index < -0.39 is 0 Å². The minimum atomic E-state index is 0.00443. The topological polar surface area (TPSA) is 46.9 Å². The summed E-state index contributed by atoms with van der Waals surface area (Å²) in [6.07, 6.45) is 0.857. The van der Waals surface area contributed by atoms with E-state index in [0.717, 1.165) is 17.8 Å². The number of nitrogens with zero attached hydrogens (tertiary/aromatic N) is 2. The second-order valence-electron chi connectivity index (χ2n) is 5.11. The molecule has 0 unspecified atom stereocenters. The number of amides is 1. The van der Waals surface area contributed by atoms with Gasteiger partial charge in [-0.1, -0.05) is 24.3 Å². The lowest BCUT2D eigenvalue weighted by Gasteiger charge is -2.08. The van der Waals surface area contributed by atoms with E-state index in [2.05, 4.69) is 29.5 Å². The predicted octanol–water partition coefficient (Wildman–Crippen LogP) is 2.17. The van der Waals surface area contributed by atoms with Gasteiger partial charge in [0.2, 0.25) is 5.91 Å². The molecule has 1 N–H and O–H groups in total. The van der Waals surface area contributed by atoms with Crippen molar-refractivity contribution in [3.8, 4) is 0 Å². The van der Waals surface area contributed by atoms with Crippen LogP contribution in [-0.2, 0) is 17.8 Å². The molecule has 0 aliphatic carbocycles. The van der Waals surface area contributed by atoms with Crippen molar-refractivity contribution in [2.24, 2.45) is 0 Å². The zero-order valence-corrected chi connectivity index (χ0v) is 12.3. The number of aromatic nitrogens is 2. The van der Waals surface area contributed by atoms with Gasteiger partial charge in [0.05, 0.1) is 5.69 Å². The van der Waals surface area contributed by atoms with Gasteiger partial charge in [-0.2, -0.15) is 5.10 Å². The van der Waals surface area contributed by atoms with Gasteiger partial charge in [-0.25, -0.2) is 0 Å². The number of aryl methyl sites for hydroxylation is 3. The molecule has 4 heteroatoms. The maximum Gasteiger partial charge on any atom is 0.241 e. The van der Waals surface area contributed by atoms with Gasteiger partial charge < -0.3 is 5.32 Å². The molecule has 2 aromatic rings. The summed E-state index contributed by atoms with van der Waals surface area (Å²) in [5.74, 6) is 0.00443. The number of nitrogens with one attached hydrogen (secondary N) is 1. The zero-order valence-electron chi connectivity index (χ0n) is 12.3. The van der Waals surface area contributed by atoms with E-state index in [4.69, 9.17) is 0 Å². The fourth-order valence-electron chi connectivity index (χ4n) is 2.25. The van der Waals surface area contributed by atoms with Gasteiger partial charge in [-0.05, 0) is 44.4 Å². The highest BCUT2D eigenvalue weighted by Gasteiger charge is 2.06. The number of carbonyl (C=O) groups excluding carboxylic acids is 1. The highest BCUT2D eigenvalue weighted by Crippen LogP contribution is 2.07. The molecule has 0 aliphatic rings. The molecule has 2 rings (SSSR count).